The molecule has 0 aromatic rings. The molecule has 16 heavy (non-hydrogen) atoms. The van der Waals surface area contributed by atoms with Crippen molar-refractivity contribution in [2.45, 2.75) is 51.7 Å². The number of carbonyl (C=O) groups is 1. The first kappa shape index (κ1) is 13.5. The molecule has 1 aliphatic heterocycles. The molecule has 1 aliphatic rings. The van der Waals surface area contributed by atoms with Gasteiger partial charge in [0.15, 0.2) is 0 Å². The lowest BCUT2D eigenvalue weighted by Crippen LogP contribution is -2.46. The van der Waals surface area contributed by atoms with E-state index in [1.807, 2.05) is 6.92 Å². The molecule has 0 spiro atoms. The zero-order valence-corrected chi connectivity index (χ0v) is 10.4. The van der Waals surface area contributed by atoms with Crippen LogP contribution in [0, 0.1) is 0 Å². The summed E-state index contributed by atoms with van der Waals surface area (Å²) in [6, 6.07) is 0.325. The molecule has 1 atom stereocenters. The molecule has 0 aliphatic carbocycles. The summed E-state index contributed by atoms with van der Waals surface area (Å²) in [6.45, 7) is 6.61. The molecule has 2 N–H and O–H groups in total. The van der Waals surface area contributed by atoms with E-state index in [1.54, 1.807) is 0 Å². The Bertz CT molecular complexity index is 203. The van der Waals surface area contributed by atoms with Crippen LogP contribution in [0.1, 0.15) is 39.5 Å². The van der Waals surface area contributed by atoms with Gasteiger partial charge in [-0.05, 0) is 39.3 Å². The van der Waals surface area contributed by atoms with E-state index >= 15 is 0 Å². The molecule has 0 bridgehead atoms. The largest absolute Gasteiger partial charge is 0.369 e. The van der Waals surface area contributed by atoms with E-state index in [9.17, 15) is 4.79 Å². The van der Waals surface area contributed by atoms with Crippen LogP contribution < -0.4 is 10.6 Å². The van der Waals surface area contributed by atoms with Crippen LogP contribution in [0.5, 0.6) is 0 Å². The van der Waals surface area contributed by atoms with Crippen LogP contribution >= 0.6 is 0 Å². The molecule has 0 aromatic carbocycles. The Morgan fingerprint density at radius 2 is 2.19 bits per heavy atom. The second-order valence-corrected chi connectivity index (χ2v) is 4.40. The highest BCUT2D eigenvalue weighted by molar-refractivity contribution is 5.80. The maximum Gasteiger partial charge on any atom is 0.249 e. The number of carbonyl (C=O) groups excluding carboxylic acids is 1. The van der Waals surface area contributed by atoms with Crippen molar-refractivity contribution in [3.8, 4) is 0 Å². The summed E-state index contributed by atoms with van der Waals surface area (Å²) in [5, 5.41) is 6.32. The second kappa shape index (κ2) is 7.63. The summed E-state index contributed by atoms with van der Waals surface area (Å²) in [7, 11) is 0. The maximum atomic E-state index is 11.7. The van der Waals surface area contributed by atoms with Crippen LogP contribution in [0.15, 0.2) is 0 Å². The Morgan fingerprint density at radius 3 is 2.81 bits per heavy atom. The quantitative estimate of drug-likeness (QED) is 0.668. The number of hydrogen-bond donors (Lipinski definition) is 2. The number of hydrogen-bond acceptors (Lipinski definition) is 3. The minimum atomic E-state index is -0.318. The monoisotopic (exact) mass is 228 g/mol. The predicted octanol–water partition coefficient (Wildman–Crippen LogP) is 1.06. The summed E-state index contributed by atoms with van der Waals surface area (Å²) >= 11 is 0. The van der Waals surface area contributed by atoms with Crippen molar-refractivity contribution in [3.63, 3.8) is 0 Å². The van der Waals surface area contributed by atoms with E-state index in [4.69, 9.17) is 4.74 Å². The van der Waals surface area contributed by atoms with Gasteiger partial charge in [0.1, 0.15) is 6.10 Å². The Labute approximate surface area is 98.1 Å². The summed E-state index contributed by atoms with van der Waals surface area (Å²) in [6.07, 6.45) is 3.84. The van der Waals surface area contributed by atoms with Gasteiger partial charge in [-0.25, -0.2) is 0 Å². The summed E-state index contributed by atoms with van der Waals surface area (Å²) in [5.74, 6) is 0.0306. The van der Waals surface area contributed by atoms with Gasteiger partial charge in [-0.3, -0.25) is 4.79 Å². The van der Waals surface area contributed by atoms with E-state index in [2.05, 4.69) is 17.6 Å². The number of amides is 1. The van der Waals surface area contributed by atoms with Gasteiger partial charge in [0.25, 0.3) is 0 Å². The first-order chi connectivity index (χ1) is 7.74. The van der Waals surface area contributed by atoms with Gasteiger partial charge in [-0.15, -0.1) is 0 Å². The molecule has 94 valence electrons. The topological polar surface area (TPSA) is 50.4 Å². The SMILES string of the molecule is CCCCOC(C)C(=O)NC1CCNCC1. The summed E-state index contributed by atoms with van der Waals surface area (Å²) < 4.78 is 5.46. The lowest BCUT2D eigenvalue weighted by atomic mass is 10.1. The Kier molecular flexibility index (Phi) is 6.42. The van der Waals surface area contributed by atoms with Gasteiger partial charge in [-0.2, -0.15) is 0 Å². The average molecular weight is 228 g/mol. The smallest absolute Gasteiger partial charge is 0.249 e. The van der Waals surface area contributed by atoms with Crippen LogP contribution in [0.25, 0.3) is 0 Å². The van der Waals surface area contributed by atoms with Crippen molar-refractivity contribution in [3.05, 3.63) is 0 Å². The van der Waals surface area contributed by atoms with Crippen molar-refractivity contribution in [2.24, 2.45) is 0 Å². The third-order valence-electron chi connectivity index (χ3n) is 2.92. The van der Waals surface area contributed by atoms with Gasteiger partial charge in [0.05, 0.1) is 0 Å². The predicted molar refractivity (Wildman–Crippen MR) is 64.4 cm³/mol. The Hall–Kier alpha value is -0.610. The molecule has 0 radical (unpaired) electrons. The molecule has 4 heteroatoms. The normalized spacial score (nSPS) is 19.4. The first-order valence-electron chi connectivity index (χ1n) is 6.36. The number of piperidine rings is 1. The van der Waals surface area contributed by atoms with Crippen LogP contribution in [0.3, 0.4) is 0 Å². The number of rotatable bonds is 6. The van der Waals surface area contributed by atoms with Crippen LogP contribution in [0.2, 0.25) is 0 Å². The fraction of sp³-hybridized carbons (Fsp3) is 0.917. The third-order valence-corrected chi connectivity index (χ3v) is 2.92. The summed E-state index contributed by atoms with van der Waals surface area (Å²) in [5.41, 5.74) is 0. The maximum absolute atomic E-state index is 11.7. The van der Waals surface area contributed by atoms with Gasteiger partial charge < -0.3 is 15.4 Å². The molecule has 1 saturated heterocycles. The number of ether oxygens (including phenoxy) is 1. The molecule has 1 rings (SSSR count). The molecule has 1 amide bonds. The standard InChI is InChI=1S/C12H24N2O2/c1-3-4-9-16-10(2)12(15)14-11-5-7-13-8-6-11/h10-11,13H,3-9H2,1-2H3,(H,14,15). The third kappa shape index (κ3) is 4.94. The van der Waals surface area contributed by atoms with Crippen molar-refractivity contribution in [1.82, 2.24) is 10.6 Å². The Morgan fingerprint density at radius 1 is 1.50 bits per heavy atom. The fourth-order valence-corrected chi connectivity index (χ4v) is 1.76. The molecule has 1 unspecified atom stereocenters. The Balaban J connectivity index is 2.16. The van der Waals surface area contributed by atoms with Gasteiger partial charge >= 0.3 is 0 Å². The number of nitrogens with one attached hydrogen (secondary N) is 2. The molecule has 0 saturated carbocycles. The van der Waals surface area contributed by atoms with Crippen LogP contribution in [-0.4, -0.2) is 37.7 Å². The van der Waals surface area contributed by atoms with E-state index in [-0.39, 0.29) is 12.0 Å². The summed E-state index contributed by atoms with van der Waals surface area (Å²) in [4.78, 5) is 11.7. The lowest BCUT2D eigenvalue weighted by molar-refractivity contribution is -0.132. The molecular weight excluding hydrogens is 204 g/mol. The minimum Gasteiger partial charge on any atom is -0.369 e. The van der Waals surface area contributed by atoms with E-state index in [1.165, 1.54) is 0 Å². The molecule has 0 aromatic heterocycles. The van der Waals surface area contributed by atoms with Crippen molar-refractivity contribution >= 4 is 5.91 Å². The van der Waals surface area contributed by atoms with Crippen molar-refractivity contribution in [1.29, 1.82) is 0 Å². The van der Waals surface area contributed by atoms with Crippen molar-refractivity contribution in [2.75, 3.05) is 19.7 Å². The molecule has 1 fully saturated rings. The average Bonchev–Trinajstić information content (AvgIpc) is 2.30. The van der Waals surface area contributed by atoms with Crippen molar-refractivity contribution < 1.29 is 9.53 Å². The first-order valence-corrected chi connectivity index (χ1v) is 6.36. The molecular formula is C12H24N2O2. The molecule has 1 heterocycles. The highest BCUT2D eigenvalue weighted by Gasteiger charge is 2.19. The van der Waals surface area contributed by atoms with Gasteiger partial charge in [0, 0.05) is 12.6 Å². The zero-order chi connectivity index (χ0) is 11.8. The zero-order valence-electron chi connectivity index (χ0n) is 10.4. The van der Waals surface area contributed by atoms with Crippen LogP contribution in [0.4, 0.5) is 0 Å². The second-order valence-electron chi connectivity index (χ2n) is 4.40. The highest BCUT2D eigenvalue weighted by atomic mass is 16.5. The van der Waals surface area contributed by atoms with Gasteiger partial charge in [-0.1, -0.05) is 13.3 Å². The fourth-order valence-electron chi connectivity index (χ4n) is 1.76. The highest BCUT2D eigenvalue weighted by Crippen LogP contribution is 2.03. The number of unbranched alkanes of at least 4 members (excludes halogenated alkanes) is 1. The van der Waals surface area contributed by atoms with Gasteiger partial charge in [0.2, 0.25) is 5.91 Å². The van der Waals surface area contributed by atoms with Crippen LogP contribution in [-0.2, 0) is 9.53 Å². The van der Waals surface area contributed by atoms with E-state index in [0.717, 1.165) is 38.8 Å². The minimum absolute atomic E-state index is 0.0306. The lowest BCUT2D eigenvalue weighted by Gasteiger charge is -2.25. The molecule has 4 nitrogen and oxygen atoms in total. The van der Waals surface area contributed by atoms with E-state index in [0.29, 0.717) is 12.6 Å². The van der Waals surface area contributed by atoms with E-state index < -0.39 is 0 Å².